The molecule has 0 unspecified atom stereocenters. The van der Waals surface area contributed by atoms with Crippen LogP contribution in [0.4, 0.5) is 10.5 Å². The quantitative estimate of drug-likeness (QED) is 0.815. The summed E-state index contributed by atoms with van der Waals surface area (Å²) in [5.74, 6) is -0.00566. The van der Waals surface area contributed by atoms with E-state index in [-0.39, 0.29) is 18.6 Å². The van der Waals surface area contributed by atoms with E-state index in [1.54, 1.807) is 9.80 Å². The Hall–Kier alpha value is -2.34. The number of hydrogen-bond acceptors (Lipinski definition) is 4. The Balaban J connectivity index is 1.63. The third-order valence-corrected chi connectivity index (χ3v) is 4.40. The highest BCUT2D eigenvalue weighted by molar-refractivity contribution is 5.95. The highest BCUT2D eigenvalue weighted by Crippen LogP contribution is 2.26. The first-order valence-electron chi connectivity index (χ1n) is 8.99. The van der Waals surface area contributed by atoms with Crippen LogP contribution in [-0.4, -0.2) is 55.3 Å². The normalized spacial score (nSPS) is 18.6. The summed E-state index contributed by atoms with van der Waals surface area (Å²) in [5.41, 5.74) is 2.75. The lowest BCUT2D eigenvalue weighted by Crippen LogP contribution is -2.41. The number of hydrogen-bond donors (Lipinski definition) is 0. The van der Waals surface area contributed by atoms with Crippen molar-refractivity contribution >= 4 is 23.3 Å². The number of carbonyl (C=O) groups excluding carboxylic acids is 2. The summed E-state index contributed by atoms with van der Waals surface area (Å²) in [4.78, 5) is 27.5. The number of carbonyl (C=O) groups is 2. The molecule has 0 aliphatic carbocycles. The molecule has 0 N–H and O–H groups in total. The summed E-state index contributed by atoms with van der Waals surface area (Å²) in [6.45, 7) is 8.11. The molecule has 1 saturated heterocycles. The van der Waals surface area contributed by atoms with Crippen molar-refractivity contribution in [2.75, 3.05) is 37.7 Å². The lowest BCUT2D eigenvalue weighted by atomic mass is 9.99. The Labute approximate surface area is 154 Å². The molecular weight excluding hydrogens is 332 g/mol. The largest absolute Gasteiger partial charge is 0.444 e. The van der Waals surface area contributed by atoms with Gasteiger partial charge >= 0.3 is 6.09 Å². The van der Waals surface area contributed by atoms with Gasteiger partial charge < -0.3 is 19.3 Å². The first kappa shape index (κ1) is 18.5. The van der Waals surface area contributed by atoms with Crippen molar-refractivity contribution in [1.29, 1.82) is 0 Å². The van der Waals surface area contributed by atoms with Gasteiger partial charge in [0.15, 0.2) is 0 Å². The number of ether oxygens (including phenoxy) is 2. The molecule has 2 aliphatic rings. The first-order valence-corrected chi connectivity index (χ1v) is 8.99. The number of anilines is 1. The molecule has 3 rings (SSSR count). The summed E-state index contributed by atoms with van der Waals surface area (Å²) >= 11 is 0. The summed E-state index contributed by atoms with van der Waals surface area (Å²) in [7, 11) is 0. The molecule has 0 aromatic heterocycles. The maximum absolute atomic E-state index is 12.1. The minimum atomic E-state index is -0.478. The van der Waals surface area contributed by atoms with Crippen molar-refractivity contribution in [2.45, 2.75) is 32.8 Å². The SMILES string of the molecule is CC(C)(C)OC(=O)N1CC=C(c2ccc(N3CCOCC3=O)cc2)CC1. The molecule has 2 amide bonds. The third kappa shape index (κ3) is 4.43. The second-order valence-corrected chi connectivity index (χ2v) is 7.55. The average Bonchev–Trinajstić information content (AvgIpc) is 2.61. The summed E-state index contributed by atoms with van der Waals surface area (Å²) in [6.07, 6.45) is 2.59. The van der Waals surface area contributed by atoms with E-state index in [0.29, 0.717) is 26.2 Å². The number of morpholine rings is 1. The van der Waals surface area contributed by atoms with E-state index in [9.17, 15) is 9.59 Å². The minimum absolute atomic E-state index is 0.00566. The second kappa shape index (κ2) is 7.50. The van der Waals surface area contributed by atoms with Crippen LogP contribution in [0.15, 0.2) is 30.3 Å². The molecule has 1 aromatic carbocycles. The average molecular weight is 358 g/mol. The Morgan fingerprint density at radius 3 is 2.46 bits per heavy atom. The predicted molar refractivity (Wildman–Crippen MR) is 100 cm³/mol. The van der Waals surface area contributed by atoms with Gasteiger partial charge in [-0.3, -0.25) is 4.79 Å². The van der Waals surface area contributed by atoms with Crippen molar-refractivity contribution in [2.24, 2.45) is 0 Å². The summed E-state index contributed by atoms with van der Waals surface area (Å²) in [6, 6.07) is 8.01. The minimum Gasteiger partial charge on any atom is -0.444 e. The van der Waals surface area contributed by atoms with Crippen LogP contribution in [0, 0.1) is 0 Å². The molecule has 0 radical (unpaired) electrons. The summed E-state index contributed by atoms with van der Waals surface area (Å²) < 4.78 is 10.6. The molecule has 140 valence electrons. The number of nitrogens with zero attached hydrogens (tertiary/aromatic N) is 2. The number of amides is 2. The first-order chi connectivity index (χ1) is 12.3. The molecule has 6 heteroatoms. The zero-order chi connectivity index (χ0) is 18.7. The molecule has 2 heterocycles. The van der Waals surface area contributed by atoms with Crippen LogP contribution in [-0.2, 0) is 14.3 Å². The fraction of sp³-hybridized carbons (Fsp3) is 0.500. The van der Waals surface area contributed by atoms with Crippen molar-refractivity contribution in [1.82, 2.24) is 4.90 Å². The van der Waals surface area contributed by atoms with E-state index < -0.39 is 5.60 Å². The summed E-state index contributed by atoms with van der Waals surface area (Å²) in [5, 5.41) is 0. The molecule has 6 nitrogen and oxygen atoms in total. The van der Waals surface area contributed by atoms with Gasteiger partial charge in [-0.2, -0.15) is 0 Å². The van der Waals surface area contributed by atoms with Gasteiger partial charge in [-0.25, -0.2) is 4.79 Å². The maximum Gasteiger partial charge on any atom is 0.410 e. The van der Waals surface area contributed by atoms with Gasteiger partial charge in [0, 0.05) is 25.3 Å². The zero-order valence-electron chi connectivity index (χ0n) is 15.7. The zero-order valence-corrected chi connectivity index (χ0v) is 15.7. The van der Waals surface area contributed by atoms with E-state index in [1.807, 2.05) is 45.0 Å². The lowest BCUT2D eigenvalue weighted by molar-refractivity contribution is -0.125. The van der Waals surface area contributed by atoms with Gasteiger partial charge in [0.25, 0.3) is 5.91 Å². The van der Waals surface area contributed by atoms with Gasteiger partial charge in [-0.15, -0.1) is 0 Å². The lowest BCUT2D eigenvalue weighted by Gasteiger charge is -2.30. The highest BCUT2D eigenvalue weighted by Gasteiger charge is 2.24. The Kier molecular flexibility index (Phi) is 5.32. The maximum atomic E-state index is 12.1. The van der Waals surface area contributed by atoms with Crippen LogP contribution in [0.2, 0.25) is 0 Å². The molecule has 0 atom stereocenters. The second-order valence-electron chi connectivity index (χ2n) is 7.55. The predicted octanol–water partition coefficient (Wildman–Crippen LogP) is 3.07. The van der Waals surface area contributed by atoms with Crippen LogP contribution in [0.1, 0.15) is 32.8 Å². The van der Waals surface area contributed by atoms with Crippen molar-refractivity contribution in [3.63, 3.8) is 0 Å². The van der Waals surface area contributed by atoms with Gasteiger partial charge in [0.1, 0.15) is 12.2 Å². The molecule has 0 bridgehead atoms. The fourth-order valence-corrected chi connectivity index (χ4v) is 3.07. The van der Waals surface area contributed by atoms with Gasteiger partial charge in [0.05, 0.1) is 6.61 Å². The third-order valence-electron chi connectivity index (χ3n) is 4.40. The molecule has 26 heavy (non-hydrogen) atoms. The van der Waals surface area contributed by atoms with E-state index in [0.717, 1.165) is 17.7 Å². The molecule has 0 saturated carbocycles. The van der Waals surface area contributed by atoms with E-state index in [2.05, 4.69) is 6.08 Å². The topological polar surface area (TPSA) is 59.1 Å². The number of rotatable bonds is 2. The Morgan fingerprint density at radius 2 is 1.88 bits per heavy atom. The molecule has 0 spiro atoms. The fourth-order valence-electron chi connectivity index (χ4n) is 3.07. The van der Waals surface area contributed by atoms with Crippen LogP contribution >= 0.6 is 0 Å². The van der Waals surface area contributed by atoms with Crippen LogP contribution in [0.25, 0.3) is 5.57 Å². The van der Waals surface area contributed by atoms with Crippen molar-refractivity contribution in [3.05, 3.63) is 35.9 Å². The molecule has 2 aliphatic heterocycles. The highest BCUT2D eigenvalue weighted by atomic mass is 16.6. The van der Waals surface area contributed by atoms with Crippen LogP contribution in [0.3, 0.4) is 0 Å². The van der Waals surface area contributed by atoms with Gasteiger partial charge in [0.2, 0.25) is 0 Å². The Morgan fingerprint density at radius 1 is 1.15 bits per heavy atom. The van der Waals surface area contributed by atoms with Crippen molar-refractivity contribution < 1.29 is 19.1 Å². The molecule has 1 fully saturated rings. The molecular formula is C20H26N2O4. The van der Waals surface area contributed by atoms with Crippen LogP contribution < -0.4 is 4.90 Å². The van der Waals surface area contributed by atoms with E-state index >= 15 is 0 Å². The van der Waals surface area contributed by atoms with E-state index in [1.165, 1.54) is 5.57 Å². The Bertz CT molecular complexity index is 704. The monoisotopic (exact) mass is 358 g/mol. The number of benzene rings is 1. The van der Waals surface area contributed by atoms with E-state index in [4.69, 9.17) is 9.47 Å². The molecule has 1 aromatic rings. The standard InChI is InChI=1S/C20H26N2O4/c1-20(2,3)26-19(24)21-10-8-16(9-11-21)15-4-6-17(7-5-15)22-12-13-25-14-18(22)23/h4-8H,9-14H2,1-3H3. The van der Waals surface area contributed by atoms with Gasteiger partial charge in [-0.1, -0.05) is 18.2 Å². The smallest absolute Gasteiger partial charge is 0.410 e. The van der Waals surface area contributed by atoms with Crippen LogP contribution in [0.5, 0.6) is 0 Å². The van der Waals surface area contributed by atoms with Gasteiger partial charge in [-0.05, 0) is 50.5 Å². The van der Waals surface area contributed by atoms with Crippen molar-refractivity contribution in [3.8, 4) is 0 Å².